The van der Waals surface area contributed by atoms with Crippen LogP contribution in [0.4, 0.5) is 0 Å². The average molecular weight is 248 g/mol. The number of aryl methyl sites for hydroxylation is 1. The number of hydrogen-bond acceptors (Lipinski definition) is 4. The molecule has 18 heavy (non-hydrogen) atoms. The number of rotatable bonds is 4. The van der Waals surface area contributed by atoms with Gasteiger partial charge in [-0.05, 0) is 19.1 Å². The molecule has 0 fully saturated rings. The number of nitrogens with zero attached hydrogens (tertiary/aromatic N) is 2. The maximum atomic E-state index is 11.8. The number of furan rings is 1. The maximum absolute atomic E-state index is 11.8. The zero-order chi connectivity index (χ0) is 13.1. The molecule has 0 aliphatic carbocycles. The van der Waals surface area contributed by atoms with E-state index in [1.165, 1.54) is 0 Å². The number of hydrogen-bond donors (Lipinski definition) is 2. The molecule has 0 saturated heterocycles. The van der Waals surface area contributed by atoms with Crippen LogP contribution >= 0.6 is 0 Å². The van der Waals surface area contributed by atoms with Gasteiger partial charge in [-0.2, -0.15) is 0 Å². The Morgan fingerprint density at radius 2 is 2.28 bits per heavy atom. The molecule has 2 aromatic rings. The number of nitrogens with one attached hydrogen (secondary N) is 2. The number of amides is 1. The van der Waals surface area contributed by atoms with E-state index in [1.807, 2.05) is 32.9 Å². The molecule has 96 valence electrons. The molecule has 6 heteroatoms. The third-order valence-electron chi connectivity index (χ3n) is 2.47. The summed E-state index contributed by atoms with van der Waals surface area (Å²) in [6.07, 6.45) is 0. The van der Waals surface area contributed by atoms with E-state index >= 15 is 0 Å². The summed E-state index contributed by atoms with van der Waals surface area (Å²) < 4.78 is 5.35. The van der Waals surface area contributed by atoms with E-state index in [4.69, 9.17) is 4.42 Å². The van der Waals surface area contributed by atoms with Gasteiger partial charge in [0.15, 0.2) is 0 Å². The molecule has 2 rings (SSSR count). The Bertz CT molecular complexity index is 542. The maximum Gasteiger partial charge on any atom is 0.291 e. The smallest absolute Gasteiger partial charge is 0.291 e. The van der Waals surface area contributed by atoms with Crippen LogP contribution in [-0.4, -0.2) is 21.1 Å². The number of aromatic nitrogens is 3. The molecule has 1 amide bonds. The SMILES string of the molecule is Cc1ccc(CNC(=O)c2n[nH]c(C(C)C)n2)o1. The van der Waals surface area contributed by atoms with Gasteiger partial charge < -0.3 is 9.73 Å². The van der Waals surface area contributed by atoms with Gasteiger partial charge in [0.2, 0.25) is 5.82 Å². The molecule has 0 bridgehead atoms. The Morgan fingerprint density at radius 3 is 2.83 bits per heavy atom. The predicted octanol–water partition coefficient (Wildman–Crippen LogP) is 1.76. The zero-order valence-electron chi connectivity index (χ0n) is 10.7. The number of H-pyrrole nitrogens is 1. The second kappa shape index (κ2) is 5.03. The lowest BCUT2D eigenvalue weighted by Gasteiger charge is -1.99. The topological polar surface area (TPSA) is 83.8 Å². The summed E-state index contributed by atoms with van der Waals surface area (Å²) in [5.74, 6) is 2.29. The van der Waals surface area contributed by atoms with Crippen LogP contribution in [0.3, 0.4) is 0 Å². The highest BCUT2D eigenvalue weighted by molar-refractivity contribution is 5.90. The number of aromatic amines is 1. The molecule has 0 saturated carbocycles. The number of carbonyl (C=O) groups excluding carboxylic acids is 1. The molecule has 0 aliphatic rings. The average Bonchev–Trinajstić information content (AvgIpc) is 2.94. The van der Waals surface area contributed by atoms with Crippen LogP contribution < -0.4 is 5.32 Å². The van der Waals surface area contributed by atoms with Gasteiger partial charge in [-0.3, -0.25) is 9.89 Å². The summed E-state index contributed by atoms with van der Waals surface area (Å²) in [6, 6.07) is 3.68. The lowest BCUT2D eigenvalue weighted by Crippen LogP contribution is -2.23. The van der Waals surface area contributed by atoms with Gasteiger partial charge >= 0.3 is 0 Å². The summed E-state index contributed by atoms with van der Waals surface area (Å²) in [6.45, 7) is 6.15. The fourth-order valence-corrected chi connectivity index (χ4v) is 1.46. The molecule has 0 spiro atoms. The zero-order valence-corrected chi connectivity index (χ0v) is 10.7. The molecule has 2 heterocycles. The third-order valence-corrected chi connectivity index (χ3v) is 2.47. The standard InChI is InChI=1S/C12H16N4O2/c1-7(2)10-14-11(16-15-10)12(17)13-6-9-5-4-8(3)18-9/h4-5,7H,6H2,1-3H3,(H,13,17)(H,14,15,16). The summed E-state index contributed by atoms with van der Waals surface area (Å²) >= 11 is 0. The molecule has 6 nitrogen and oxygen atoms in total. The van der Waals surface area contributed by atoms with Crippen molar-refractivity contribution in [3.63, 3.8) is 0 Å². The van der Waals surface area contributed by atoms with E-state index in [-0.39, 0.29) is 17.6 Å². The highest BCUT2D eigenvalue weighted by Crippen LogP contribution is 2.08. The first-order chi connectivity index (χ1) is 8.56. The molecule has 0 aromatic carbocycles. The van der Waals surface area contributed by atoms with Crippen LogP contribution in [0.1, 0.15) is 47.7 Å². The van der Waals surface area contributed by atoms with Crippen molar-refractivity contribution < 1.29 is 9.21 Å². The van der Waals surface area contributed by atoms with Crippen molar-refractivity contribution in [1.29, 1.82) is 0 Å². The van der Waals surface area contributed by atoms with Crippen LogP contribution in [0.5, 0.6) is 0 Å². The summed E-state index contributed by atoms with van der Waals surface area (Å²) in [7, 11) is 0. The third kappa shape index (κ3) is 2.77. The van der Waals surface area contributed by atoms with Crippen LogP contribution in [-0.2, 0) is 6.54 Å². The van der Waals surface area contributed by atoms with Crippen LogP contribution in [0, 0.1) is 6.92 Å². The predicted molar refractivity (Wildman–Crippen MR) is 65.1 cm³/mol. The van der Waals surface area contributed by atoms with Gasteiger partial charge in [-0.15, -0.1) is 5.10 Å². The molecule has 2 aromatic heterocycles. The molecular formula is C12H16N4O2. The monoisotopic (exact) mass is 248 g/mol. The van der Waals surface area contributed by atoms with Gasteiger partial charge in [0.1, 0.15) is 17.3 Å². The number of carbonyl (C=O) groups is 1. The highest BCUT2D eigenvalue weighted by Gasteiger charge is 2.14. The minimum absolute atomic E-state index is 0.155. The van der Waals surface area contributed by atoms with Gasteiger partial charge in [0, 0.05) is 5.92 Å². The minimum Gasteiger partial charge on any atom is -0.465 e. The Balaban J connectivity index is 1.95. The summed E-state index contributed by atoms with van der Waals surface area (Å²) in [5, 5.41) is 9.32. The summed E-state index contributed by atoms with van der Waals surface area (Å²) in [4.78, 5) is 15.9. The minimum atomic E-state index is -0.313. The van der Waals surface area contributed by atoms with E-state index in [0.29, 0.717) is 18.1 Å². The Hall–Kier alpha value is -2.11. The molecule has 0 atom stereocenters. The van der Waals surface area contributed by atoms with Gasteiger partial charge in [0.05, 0.1) is 6.54 Å². The second-order valence-corrected chi connectivity index (χ2v) is 4.39. The second-order valence-electron chi connectivity index (χ2n) is 4.39. The lowest BCUT2D eigenvalue weighted by atomic mass is 10.2. The van der Waals surface area contributed by atoms with Crippen molar-refractivity contribution in [2.75, 3.05) is 0 Å². The van der Waals surface area contributed by atoms with Crippen molar-refractivity contribution in [3.05, 3.63) is 35.3 Å². The van der Waals surface area contributed by atoms with E-state index < -0.39 is 0 Å². The lowest BCUT2D eigenvalue weighted by molar-refractivity contribution is 0.0938. The molecule has 2 N–H and O–H groups in total. The Labute approximate surface area is 105 Å². The fourth-order valence-electron chi connectivity index (χ4n) is 1.46. The van der Waals surface area contributed by atoms with Crippen molar-refractivity contribution in [2.45, 2.75) is 33.2 Å². The molecule has 0 unspecified atom stereocenters. The highest BCUT2D eigenvalue weighted by atomic mass is 16.3. The van der Waals surface area contributed by atoms with Crippen LogP contribution in [0.25, 0.3) is 0 Å². The van der Waals surface area contributed by atoms with Crippen molar-refractivity contribution >= 4 is 5.91 Å². The van der Waals surface area contributed by atoms with E-state index in [0.717, 1.165) is 5.76 Å². The van der Waals surface area contributed by atoms with Gasteiger partial charge in [-0.1, -0.05) is 13.8 Å². The Morgan fingerprint density at radius 1 is 1.50 bits per heavy atom. The fraction of sp³-hybridized carbons (Fsp3) is 0.417. The first kappa shape index (κ1) is 12.3. The van der Waals surface area contributed by atoms with Crippen molar-refractivity contribution in [1.82, 2.24) is 20.5 Å². The van der Waals surface area contributed by atoms with Crippen LogP contribution in [0.15, 0.2) is 16.5 Å². The Kier molecular flexibility index (Phi) is 3.45. The largest absolute Gasteiger partial charge is 0.465 e. The quantitative estimate of drug-likeness (QED) is 0.863. The van der Waals surface area contributed by atoms with Crippen molar-refractivity contribution in [2.24, 2.45) is 0 Å². The van der Waals surface area contributed by atoms with Crippen LogP contribution in [0.2, 0.25) is 0 Å². The van der Waals surface area contributed by atoms with Crippen molar-refractivity contribution in [3.8, 4) is 0 Å². The molecule has 0 aliphatic heterocycles. The van der Waals surface area contributed by atoms with E-state index in [1.54, 1.807) is 0 Å². The van der Waals surface area contributed by atoms with Gasteiger partial charge in [0.25, 0.3) is 5.91 Å². The normalized spacial score (nSPS) is 10.9. The molecule has 0 radical (unpaired) electrons. The summed E-state index contributed by atoms with van der Waals surface area (Å²) in [5.41, 5.74) is 0. The molecular weight excluding hydrogens is 232 g/mol. The first-order valence-electron chi connectivity index (χ1n) is 5.82. The van der Waals surface area contributed by atoms with Gasteiger partial charge in [-0.25, -0.2) is 4.98 Å². The van der Waals surface area contributed by atoms with E-state index in [9.17, 15) is 4.79 Å². The van der Waals surface area contributed by atoms with E-state index in [2.05, 4.69) is 20.5 Å². The first-order valence-corrected chi connectivity index (χ1v) is 5.82.